The molecule has 3 aromatic carbocycles. The summed E-state index contributed by atoms with van der Waals surface area (Å²) in [4.78, 5) is 29.0. The first-order chi connectivity index (χ1) is 21.1. The van der Waals surface area contributed by atoms with Crippen LogP contribution in [0.3, 0.4) is 0 Å². The second-order valence-electron chi connectivity index (χ2n) is 11.7. The number of benzene rings is 3. The van der Waals surface area contributed by atoms with Crippen molar-refractivity contribution in [1.29, 1.82) is 0 Å². The fraction of sp³-hybridized carbons (Fsp3) is 0.343. The minimum Gasteiger partial charge on any atom is -0.391 e. The van der Waals surface area contributed by atoms with Crippen molar-refractivity contribution in [3.05, 3.63) is 93.5 Å². The van der Waals surface area contributed by atoms with Crippen LogP contribution in [0.15, 0.2) is 60.7 Å². The van der Waals surface area contributed by atoms with Crippen LogP contribution in [0.4, 0.5) is 22.1 Å². The Morgan fingerprint density at radius 3 is 2.34 bits per heavy atom. The highest BCUT2D eigenvalue weighted by atomic mass is 35.5. The largest absolute Gasteiger partial charge is 0.420 e. The predicted octanol–water partition coefficient (Wildman–Crippen LogP) is 7.20. The van der Waals surface area contributed by atoms with E-state index < -0.39 is 6.09 Å². The molecule has 0 unspecified atom stereocenters. The maximum atomic E-state index is 13.3. The number of ether oxygens (including phenoxy) is 1. The van der Waals surface area contributed by atoms with Crippen LogP contribution in [-0.2, 0) is 6.42 Å². The molecule has 0 radical (unpaired) electrons. The van der Waals surface area contributed by atoms with Crippen molar-refractivity contribution < 1.29 is 9.53 Å². The molecule has 1 N–H and O–H groups in total. The third kappa shape index (κ3) is 7.56. The van der Waals surface area contributed by atoms with Crippen LogP contribution in [0.1, 0.15) is 27.8 Å². The Balaban J connectivity index is 1.38. The van der Waals surface area contributed by atoms with Gasteiger partial charge in [-0.2, -0.15) is 4.98 Å². The van der Waals surface area contributed by atoms with Gasteiger partial charge in [0.05, 0.1) is 11.4 Å². The minimum absolute atomic E-state index is 0.149. The number of aromatic nitrogens is 2. The molecule has 9 heteroatoms. The molecule has 1 fully saturated rings. The number of hydrogen-bond donors (Lipinski definition) is 1. The third-order valence-corrected chi connectivity index (χ3v) is 8.79. The van der Waals surface area contributed by atoms with Crippen molar-refractivity contribution in [3.8, 4) is 17.1 Å². The first-order valence-corrected chi connectivity index (χ1v) is 15.4. The van der Waals surface area contributed by atoms with Crippen molar-refractivity contribution in [2.45, 2.75) is 34.1 Å². The lowest BCUT2D eigenvalue weighted by atomic mass is 9.97. The summed E-state index contributed by atoms with van der Waals surface area (Å²) in [5.74, 6) is 0.491. The average Bonchev–Trinajstić information content (AvgIpc) is 3.01. The van der Waals surface area contributed by atoms with Gasteiger partial charge in [-0.05, 0) is 93.2 Å². The fourth-order valence-corrected chi connectivity index (χ4v) is 5.51. The molecule has 1 amide bonds. The summed E-state index contributed by atoms with van der Waals surface area (Å²) in [5, 5.41) is 3.87. The number of rotatable bonds is 8. The number of anilines is 3. The van der Waals surface area contributed by atoms with Gasteiger partial charge in [-0.15, -0.1) is 0 Å². The number of nitrogens with one attached hydrogen (secondary N) is 1. The first-order valence-electron chi connectivity index (χ1n) is 15.0. The van der Waals surface area contributed by atoms with Crippen LogP contribution in [-0.4, -0.2) is 72.7 Å². The Bertz CT molecular complexity index is 1630. The Hall–Kier alpha value is -3.98. The smallest absolute Gasteiger partial charge is 0.391 e. The van der Waals surface area contributed by atoms with Crippen LogP contribution in [0.25, 0.3) is 11.3 Å². The van der Waals surface area contributed by atoms with E-state index in [9.17, 15) is 4.79 Å². The molecule has 1 aromatic heterocycles. The predicted molar refractivity (Wildman–Crippen MR) is 180 cm³/mol. The third-order valence-electron chi connectivity index (χ3n) is 8.56. The molecule has 0 spiro atoms. The highest BCUT2D eigenvalue weighted by molar-refractivity contribution is 6.31. The SMILES string of the molecule is Cc1ccc(Cl)cc1N(C)C(=O)Oc1cc(-c2ccc(C)c(C)c2C)nc(Nc2ccc(CCN3CCN(C)CC3)cc2)n1. The van der Waals surface area contributed by atoms with E-state index in [0.717, 1.165) is 61.5 Å². The van der Waals surface area contributed by atoms with Gasteiger partial charge in [0, 0.05) is 62.1 Å². The normalized spacial score (nSPS) is 14.0. The van der Waals surface area contributed by atoms with Crippen molar-refractivity contribution in [1.82, 2.24) is 19.8 Å². The molecule has 0 atom stereocenters. The van der Waals surface area contributed by atoms with E-state index >= 15 is 0 Å². The highest BCUT2D eigenvalue weighted by Crippen LogP contribution is 2.30. The molecule has 8 nitrogen and oxygen atoms in total. The maximum absolute atomic E-state index is 13.3. The van der Waals surface area contributed by atoms with E-state index in [1.807, 2.05) is 31.2 Å². The Morgan fingerprint density at radius 2 is 1.61 bits per heavy atom. The molecule has 1 saturated heterocycles. The summed E-state index contributed by atoms with van der Waals surface area (Å²) in [6.07, 6.45) is 0.425. The lowest BCUT2D eigenvalue weighted by Crippen LogP contribution is -2.45. The van der Waals surface area contributed by atoms with Gasteiger partial charge in [-0.3, -0.25) is 4.90 Å². The lowest BCUT2D eigenvalue weighted by molar-refractivity contribution is 0.155. The van der Waals surface area contributed by atoms with Gasteiger partial charge in [-0.25, -0.2) is 9.78 Å². The zero-order valence-corrected chi connectivity index (χ0v) is 27.2. The summed E-state index contributed by atoms with van der Waals surface area (Å²) in [6, 6.07) is 19.6. The number of piperazine rings is 1. The van der Waals surface area contributed by atoms with E-state index in [1.165, 1.54) is 21.6 Å². The topological polar surface area (TPSA) is 73.8 Å². The number of carbonyl (C=O) groups is 1. The molecule has 0 saturated carbocycles. The van der Waals surface area contributed by atoms with Gasteiger partial charge in [0.15, 0.2) is 0 Å². The summed E-state index contributed by atoms with van der Waals surface area (Å²) in [7, 11) is 3.83. The van der Waals surface area contributed by atoms with E-state index in [-0.39, 0.29) is 5.88 Å². The summed E-state index contributed by atoms with van der Waals surface area (Å²) < 4.78 is 5.82. The molecule has 44 heavy (non-hydrogen) atoms. The standard InChI is InChI=1S/C35H41ClN6O2/c1-23-8-14-30(26(4)25(23)3)31-22-33(44-35(43)41(6)32-21-28(36)11-7-24(32)2)39-34(38-31)37-29-12-9-27(10-13-29)15-16-42-19-17-40(5)18-20-42/h7-14,21-22H,15-20H2,1-6H3,(H,37,38,39). The van der Waals surface area contributed by atoms with Crippen molar-refractivity contribution in [2.24, 2.45) is 0 Å². The summed E-state index contributed by atoms with van der Waals surface area (Å²) in [5.41, 5.74) is 8.82. The van der Waals surface area contributed by atoms with Gasteiger partial charge in [0.25, 0.3) is 0 Å². The van der Waals surface area contributed by atoms with E-state index in [2.05, 4.69) is 66.1 Å². The van der Waals surface area contributed by atoms with Crippen LogP contribution >= 0.6 is 11.6 Å². The van der Waals surface area contributed by atoms with Gasteiger partial charge in [0.1, 0.15) is 0 Å². The Kier molecular flexibility index (Phi) is 9.84. The van der Waals surface area contributed by atoms with E-state index in [1.54, 1.807) is 25.2 Å². The zero-order valence-electron chi connectivity index (χ0n) is 26.4. The van der Waals surface area contributed by atoms with E-state index in [0.29, 0.717) is 22.4 Å². The quantitative estimate of drug-likeness (QED) is 0.226. The number of hydrogen-bond acceptors (Lipinski definition) is 7. The van der Waals surface area contributed by atoms with Crippen LogP contribution in [0.5, 0.6) is 5.88 Å². The van der Waals surface area contributed by atoms with Crippen LogP contribution in [0, 0.1) is 27.7 Å². The van der Waals surface area contributed by atoms with E-state index in [4.69, 9.17) is 21.3 Å². The van der Waals surface area contributed by atoms with Crippen LogP contribution in [0.2, 0.25) is 5.02 Å². The molecule has 1 aliphatic heterocycles. The van der Waals surface area contributed by atoms with Gasteiger partial charge in [-0.1, -0.05) is 41.9 Å². The van der Waals surface area contributed by atoms with Crippen molar-refractivity contribution >= 4 is 35.0 Å². The van der Waals surface area contributed by atoms with Crippen molar-refractivity contribution in [2.75, 3.05) is 57.0 Å². The molecule has 2 heterocycles. The molecule has 4 aromatic rings. The van der Waals surface area contributed by atoms with Crippen molar-refractivity contribution in [3.63, 3.8) is 0 Å². The summed E-state index contributed by atoms with van der Waals surface area (Å²) >= 11 is 6.21. The number of aryl methyl sites for hydroxylation is 2. The molecule has 1 aliphatic rings. The molecule has 230 valence electrons. The Morgan fingerprint density at radius 1 is 0.909 bits per heavy atom. The lowest BCUT2D eigenvalue weighted by Gasteiger charge is -2.32. The van der Waals surface area contributed by atoms with Gasteiger partial charge >= 0.3 is 6.09 Å². The summed E-state index contributed by atoms with van der Waals surface area (Å²) in [6.45, 7) is 13.7. The number of nitrogens with zero attached hydrogens (tertiary/aromatic N) is 5. The second-order valence-corrected chi connectivity index (χ2v) is 12.1. The molecular weight excluding hydrogens is 572 g/mol. The highest BCUT2D eigenvalue weighted by Gasteiger charge is 2.19. The van der Waals surface area contributed by atoms with Crippen LogP contribution < -0.4 is 15.0 Å². The number of halogens is 1. The first kappa shape index (κ1) is 31.4. The second kappa shape index (κ2) is 13.8. The average molecular weight is 613 g/mol. The molecular formula is C35H41ClN6O2. The van der Waals surface area contributed by atoms with Gasteiger partial charge < -0.3 is 19.9 Å². The molecule has 5 rings (SSSR count). The number of likely N-dealkylation sites (N-methyl/N-ethyl adjacent to an activating group) is 1. The van der Waals surface area contributed by atoms with Gasteiger partial charge in [0.2, 0.25) is 11.8 Å². The fourth-order valence-electron chi connectivity index (χ4n) is 5.35. The number of amides is 1. The number of carbonyl (C=O) groups excluding carboxylic acids is 1. The molecule has 0 bridgehead atoms. The monoisotopic (exact) mass is 612 g/mol. The molecule has 0 aliphatic carbocycles. The minimum atomic E-state index is -0.576. The zero-order chi connectivity index (χ0) is 31.4. The Labute approximate surface area is 265 Å². The maximum Gasteiger partial charge on any atom is 0.420 e.